The fourth-order valence-electron chi connectivity index (χ4n) is 6.16. The molecule has 0 amide bonds. The Kier molecular flexibility index (Phi) is 8.29. The predicted octanol–water partition coefficient (Wildman–Crippen LogP) is 13.1. The summed E-state index contributed by atoms with van der Waals surface area (Å²) in [5, 5.41) is 0. The van der Waals surface area contributed by atoms with E-state index >= 15 is 0 Å². The molecule has 0 heterocycles. The molecule has 0 N–H and O–H groups in total. The van der Waals surface area contributed by atoms with Gasteiger partial charge in [-0.1, -0.05) is 138 Å². The van der Waals surface area contributed by atoms with Crippen LogP contribution in [0.5, 0.6) is 0 Å². The van der Waals surface area contributed by atoms with Gasteiger partial charge in [-0.25, -0.2) is 0 Å². The van der Waals surface area contributed by atoms with E-state index < -0.39 is 0 Å². The van der Waals surface area contributed by atoms with E-state index in [0.29, 0.717) is 0 Å². The van der Waals surface area contributed by atoms with E-state index in [0.717, 1.165) is 17.1 Å². The maximum atomic E-state index is 2.41. The summed E-state index contributed by atoms with van der Waals surface area (Å²) in [6.07, 6.45) is 0. The van der Waals surface area contributed by atoms with Gasteiger partial charge in [0.1, 0.15) is 0 Å². The van der Waals surface area contributed by atoms with E-state index in [1.165, 1.54) is 66.8 Å². The second-order valence-corrected chi connectivity index (χ2v) is 12.7. The van der Waals surface area contributed by atoms with Gasteiger partial charge in [-0.15, -0.1) is 0 Å². The summed E-state index contributed by atoms with van der Waals surface area (Å²) < 4.78 is 0. The summed E-state index contributed by atoms with van der Waals surface area (Å²) in [5.74, 6) is 0. The summed E-state index contributed by atoms with van der Waals surface area (Å²) in [7, 11) is 0. The highest BCUT2D eigenvalue weighted by Gasteiger charge is 2.18. The first-order valence-electron chi connectivity index (χ1n) is 16.3. The second-order valence-electron chi connectivity index (χ2n) is 12.7. The first-order valence-corrected chi connectivity index (χ1v) is 16.3. The lowest BCUT2D eigenvalue weighted by atomic mass is 9.95. The molecule has 0 aliphatic heterocycles. The molecular formula is C46H39N. The van der Waals surface area contributed by atoms with E-state index in [-0.39, 0.29) is 0 Å². The Morgan fingerprint density at radius 3 is 0.809 bits per heavy atom. The topological polar surface area (TPSA) is 3.24 Å². The van der Waals surface area contributed by atoms with Gasteiger partial charge in [0.05, 0.1) is 0 Å². The van der Waals surface area contributed by atoms with E-state index in [1.807, 2.05) is 0 Å². The van der Waals surface area contributed by atoms with Gasteiger partial charge in [-0.3, -0.25) is 0 Å². The van der Waals surface area contributed by atoms with Gasteiger partial charge in [0.25, 0.3) is 0 Å². The van der Waals surface area contributed by atoms with Crippen LogP contribution in [0.2, 0.25) is 0 Å². The van der Waals surface area contributed by atoms with E-state index in [1.54, 1.807) is 0 Å². The van der Waals surface area contributed by atoms with Crippen molar-refractivity contribution in [3.63, 3.8) is 0 Å². The Hall–Kier alpha value is -5.66. The highest BCUT2D eigenvalue weighted by Crippen LogP contribution is 2.42. The van der Waals surface area contributed by atoms with Crippen LogP contribution in [0.15, 0.2) is 164 Å². The minimum Gasteiger partial charge on any atom is -0.310 e. The lowest BCUT2D eigenvalue weighted by Gasteiger charge is -2.28. The highest BCUT2D eigenvalue weighted by molar-refractivity contribution is 5.88. The van der Waals surface area contributed by atoms with Crippen LogP contribution in [0, 0.1) is 27.7 Å². The quantitative estimate of drug-likeness (QED) is 0.175. The zero-order valence-electron chi connectivity index (χ0n) is 27.5. The number of anilines is 3. The third-order valence-corrected chi connectivity index (χ3v) is 8.91. The summed E-state index contributed by atoms with van der Waals surface area (Å²) >= 11 is 0. The lowest BCUT2D eigenvalue weighted by Crippen LogP contribution is -2.10. The average Bonchev–Trinajstić information content (AvgIpc) is 3.10. The molecular weight excluding hydrogens is 567 g/mol. The van der Waals surface area contributed by atoms with Crippen molar-refractivity contribution >= 4 is 17.1 Å². The number of hydrogen-bond acceptors (Lipinski definition) is 1. The minimum atomic E-state index is 1.11. The maximum Gasteiger partial charge on any atom is 0.0473 e. The molecule has 47 heavy (non-hydrogen) atoms. The van der Waals surface area contributed by atoms with Crippen molar-refractivity contribution in [3.05, 3.63) is 186 Å². The molecule has 0 aliphatic carbocycles. The first kappa shape index (κ1) is 30.0. The fraction of sp³-hybridized carbons (Fsp3) is 0.0870. The smallest absolute Gasteiger partial charge is 0.0473 e. The molecule has 0 bridgehead atoms. The van der Waals surface area contributed by atoms with Crippen LogP contribution in [-0.4, -0.2) is 0 Å². The molecule has 1 nitrogen and oxygen atoms in total. The number of para-hydroxylation sites is 1. The zero-order chi connectivity index (χ0) is 32.3. The number of nitrogens with zero attached hydrogens (tertiary/aromatic N) is 1. The van der Waals surface area contributed by atoms with Crippen molar-refractivity contribution in [3.8, 4) is 44.5 Å². The van der Waals surface area contributed by atoms with Crippen molar-refractivity contribution in [2.45, 2.75) is 27.7 Å². The van der Waals surface area contributed by atoms with Crippen LogP contribution >= 0.6 is 0 Å². The van der Waals surface area contributed by atoms with Gasteiger partial charge < -0.3 is 4.90 Å². The molecule has 7 aromatic carbocycles. The number of aryl methyl sites for hydroxylation is 4. The zero-order valence-corrected chi connectivity index (χ0v) is 27.5. The molecule has 0 atom stereocenters. The Morgan fingerprint density at radius 1 is 0.255 bits per heavy atom. The van der Waals surface area contributed by atoms with Crippen molar-refractivity contribution in [1.82, 2.24) is 0 Å². The summed E-state index contributed by atoms with van der Waals surface area (Å²) in [4.78, 5) is 2.41. The molecule has 228 valence electrons. The number of benzene rings is 7. The van der Waals surface area contributed by atoms with Gasteiger partial charge >= 0.3 is 0 Å². The Morgan fingerprint density at radius 2 is 0.532 bits per heavy atom. The average molecular weight is 606 g/mol. The predicted molar refractivity (Wildman–Crippen MR) is 202 cm³/mol. The van der Waals surface area contributed by atoms with Crippen molar-refractivity contribution in [1.29, 1.82) is 0 Å². The third-order valence-electron chi connectivity index (χ3n) is 8.91. The SMILES string of the molecule is Cc1ccc(-c2cc(-c3ccc(C)cc3)cc(N(c3ccccc3)c3cc(-c4ccc(C)cc4)cc(-c4ccc(C)cc4)c3)c2)cc1. The summed E-state index contributed by atoms with van der Waals surface area (Å²) in [6, 6.07) is 60.1. The van der Waals surface area contributed by atoms with E-state index in [4.69, 9.17) is 0 Å². The van der Waals surface area contributed by atoms with E-state index in [2.05, 4.69) is 196 Å². The summed E-state index contributed by atoms with van der Waals surface area (Å²) in [6.45, 7) is 8.56. The Balaban J connectivity index is 1.49. The van der Waals surface area contributed by atoms with Crippen molar-refractivity contribution < 1.29 is 0 Å². The molecule has 0 saturated heterocycles. The molecule has 0 fully saturated rings. The monoisotopic (exact) mass is 605 g/mol. The van der Waals surface area contributed by atoms with E-state index in [9.17, 15) is 0 Å². The molecule has 7 rings (SSSR count). The molecule has 0 spiro atoms. The number of rotatable bonds is 7. The minimum absolute atomic E-state index is 1.11. The molecule has 0 aromatic heterocycles. The normalized spacial score (nSPS) is 11.0. The third kappa shape index (κ3) is 6.66. The Bertz CT molecular complexity index is 1860. The molecule has 1 heteroatoms. The van der Waals surface area contributed by atoms with Gasteiger partial charge in [-0.05, 0) is 121 Å². The van der Waals surface area contributed by atoms with Gasteiger partial charge in [0.15, 0.2) is 0 Å². The van der Waals surface area contributed by atoms with Gasteiger partial charge in [-0.2, -0.15) is 0 Å². The van der Waals surface area contributed by atoms with Crippen LogP contribution in [0.1, 0.15) is 22.3 Å². The molecule has 0 unspecified atom stereocenters. The van der Waals surface area contributed by atoms with Crippen LogP contribution in [0.3, 0.4) is 0 Å². The van der Waals surface area contributed by atoms with Crippen LogP contribution < -0.4 is 4.90 Å². The van der Waals surface area contributed by atoms with Crippen LogP contribution in [0.4, 0.5) is 17.1 Å². The largest absolute Gasteiger partial charge is 0.310 e. The maximum absolute atomic E-state index is 2.41. The van der Waals surface area contributed by atoms with Gasteiger partial charge in [0, 0.05) is 17.1 Å². The van der Waals surface area contributed by atoms with Crippen LogP contribution in [-0.2, 0) is 0 Å². The second kappa shape index (κ2) is 13.0. The fourth-order valence-corrected chi connectivity index (χ4v) is 6.16. The highest BCUT2D eigenvalue weighted by atomic mass is 15.1. The van der Waals surface area contributed by atoms with Crippen LogP contribution in [0.25, 0.3) is 44.5 Å². The molecule has 7 aromatic rings. The standard InChI is InChI=1S/C46H39N/c1-32-10-18-36(19-11-32)40-26-41(37-20-12-33(2)13-21-37)29-45(28-40)47(44-8-6-5-7-9-44)46-30-42(38-22-14-34(3)15-23-38)27-43(31-46)39-24-16-35(4)17-25-39/h5-31H,1-4H3. The molecule has 0 aliphatic rings. The van der Waals surface area contributed by atoms with Gasteiger partial charge in [0.2, 0.25) is 0 Å². The molecule has 0 radical (unpaired) electrons. The number of hydrogen-bond donors (Lipinski definition) is 0. The molecule has 0 saturated carbocycles. The first-order chi connectivity index (χ1) is 22.9. The lowest BCUT2D eigenvalue weighted by molar-refractivity contribution is 1.28. The summed E-state index contributed by atoms with van der Waals surface area (Å²) in [5.41, 5.74) is 17.9. The Labute approximate surface area is 279 Å². The van der Waals surface area contributed by atoms with Crippen molar-refractivity contribution in [2.75, 3.05) is 4.90 Å². The van der Waals surface area contributed by atoms with Crippen molar-refractivity contribution in [2.24, 2.45) is 0 Å².